The summed E-state index contributed by atoms with van der Waals surface area (Å²) in [7, 11) is -1.75. The third-order valence-electron chi connectivity index (χ3n) is 4.32. The summed E-state index contributed by atoms with van der Waals surface area (Å²) >= 11 is 0. The lowest BCUT2D eigenvalue weighted by molar-refractivity contribution is 0.415. The summed E-state index contributed by atoms with van der Waals surface area (Å²) in [6, 6.07) is 14.7. The number of nitrogens with one attached hydrogen (secondary N) is 1. The minimum absolute atomic E-state index is 0.000130. The molecule has 0 aliphatic carbocycles. The minimum atomic E-state index is -3.34. The monoisotopic (exact) mass is 381 g/mol. The predicted octanol–water partition coefficient (Wildman–Crippen LogP) is 4.05. The summed E-state index contributed by atoms with van der Waals surface area (Å²) in [6.45, 7) is 5.44. The molecule has 6 nitrogen and oxygen atoms in total. The Labute approximate surface area is 158 Å². The highest BCUT2D eigenvalue weighted by atomic mass is 32.2. The normalized spacial score (nSPS) is 11.1. The average Bonchev–Trinajstić information content (AvgIpc) is 3.00. The van der Waals surface area contributed by atoms with Crippen LogP contribution in [0.2, 0.25) is 0 Å². The van der Waals surface area contributed by atoms with Gasteiger partial charge in [-0.3, -0.25) is 4.72 Å². The van der Waals surface area contributed by atoms with E-state index in [1.165, 1.54) is 0 Å². The first kappa shape index (κ1) is 18.5. The largest absolute Gasteiger partial charge is 0.497 e. The van der Waals surface area contributed by atoms with Crippen LogP contribution in [0.4, 0.5) is 5.69 Å². The number of ether oxygens (including phenoxy) is 1. The van der Waals surface area contributed by atoms with Gasteiger partial charge >= 0.3 is 0 Å². The Morgan fingerprint density at radius 3 is 2.52 bits per heavy atom. The molecule has 0 aliphatic rings. The van der Waals surface area contributed by atoms with Crippen LogP contribution in [0.15, 0.2) is 49.0 Å². The van der Waals surface area contributed by atoms with Gasteiger partial charge in [-0.25, -0.2) is 8.42 Å². The molecule has 7 heteroatoms. The zero-order valence-corrected chi connectivity index (χ0v) is 15.9. The van der Waals surface area contributed by atoms with E-state index in [1.54, 1.807) is 44.5 Å². The molecule has 3 aromatic rings. The van der Waals surface area contributed by atoms with E-state index < -0.39 is 10.0 Å². The molecule has 0 atom stereocenters. The summed E-state index contributed by atoms with van der Waals surface area (Å²) in [5.41, 5.74) is 3.28. The molecule has 3 rings (SSSR count). The maximum absolute atomic E-state index is 11.7. The molecule has 1 aromatic heterocycles. The van der Waals surface area contributed by atoms with Gasteiger partial charge in [-0.2, -0.15) is 5.26 Å². The molecule has 0 radical (unpaired) electrons. The molecule has 138 valence electrons. The van der Waals surface area contributed by atoms with Crippen molar-refractivity contribution in [3.05, 3.63) is 54.6 Å². The van der Waals surface area contributed by atoms with E-state index in [4.69, 9.17) is 4.74 Å². The van der Waals surface area contributed by atoms with Gasteiger partial charge in [0.05, 0.1) is 29.6 Å². The maximum Gasteiger partial charge on any atom is 0.232 e. The fourth-order valence-electron chi connectivity index (χ4n) is 2.95. The van der Waals surface area contributed by atoms with E-state index in [1.807, 2.05) is 22.8 Å². The summed E-state index contributed by atoms with van der Waals surface area (Å²) < 4.78 is 33.1. The van der Waals surface area contributed by atoms with E-state index in [0.717, 1.165) is 16.5 Å². The Kier molecular flexibility index (Phi) is 4.93. The second-order valence-corrected chi connectivity index (χ2v) is 7.86. The molecule has 27 heavy (non-hydrogen) atoms. The van der Waals surface area contributed by atoms with Gasteiger partial charge in [0.25, 0.3) is 0 Å². The average molecular weight is 381 g/mol. The highest BCUT2D eigenvalue weighted by Gasteiger charge is 2.18. The lowest BCUT2D eigenvalue weighted by atomic mass is 10.1. The van der Waals surface area contributed by atoms with Crippen molar-refractivity contribution in [3.63, 3.8) is 0 Å². The van der Waals surface area contributed by atoms with Gasteiger partial charge < -0.3 is 9.30 Å². The van der Waals surface area contributed by atoms with Crippen LogP contribution in [0, 0.1) is 11.3 Å². The minimum Gasteiger partial charge on any atom is -0.497 e. The van der Waals surface area contributed by atoms with Crippen LogP contribution in [0.3, 0.4) is 0 Å². The molecular weight excluding hydrogens is 362 g/mol. The third kappa shape index (κ3) is 3.39. The molecule has 0 unspecified atom stereocenters. The number of nitriles is 1. The predicted molar refractivity (Wildman–Crippen MR) is 108 cm³/mol. The van der Waals surface area contributed by atoms with Crippen molar-refractivity contribution in [2.75, 3.05) is 17.6 Å². The Hall–Kier alpha value is -3.24. The van der Waals surface area contributed by atoms with E-state index in [9.17, 15) is 13.7 Å². The zero-order valence-electron chi connectivity index (χ0n) is 15.1. The van der Waals surface area contributed by atoms with Gasteiger partial charge in [0.15, 0.2) is 0 Å². The molecule has 0 saturated carbocycles. The number of hydrogen-bond acceptors (Lipinski definition) is 4. The van der Waals surface area contributed by atoms with E-state index >= 15 is 0 Å². The Bertz CT molecular complexity index is 1150. The standard InChI is InChI=1S/C20H19N3O3S/c1-4-23-19-12-16(26-3)10-11-17(19)18(13-21)20(23)14-6-8-15(9-7-14)22-27(24,25)5-2/h4,6-12,22H,1,5H2,2-3H3. The molecule has 0 saturated heterocycles. The van der Waals surface area contributed by atoms with Gasteiger partial charge in [0.2, 0.25) is 10.0 Å². The van der Waals surface area contributed by atoms with Gasteiger partial charge in [-0.1, -0.05) is 18.7 Å². The third-order valence-corrected chi connectivity index (χ3v) is 5.62. The summed E-state index contributed by atoms with van der Waals surface area (Å²) in [5, 5.41) is 10.5. The number of benzene rings is 2. The molecule has 0 bridgehead atoms. The maximum atomic E-state index is 11.7. The molecule has 0 spiro atoms. The molecule has 0 aliphatic heterocycles. The van der Waals surface area contributed by atoms with Crippen LogP contribution in [0.1, 0.15) is 12.5 Å². The van der Waals surface area contributed by atoms with E-state index in [-0.39, 0.29) is 5.75 Å². The summed E-state index contributed by atoms with van der Waals surface area (Å²) in [4.78, 5) is 0. The second-order valence-electron chi connectivity index (χ2n) is 5.85. The van der Waals surface area contributed by atoms with Gasteiger partial charge in [-0.05, 0) is 31.2 Å². The molecule has 1 N–H and O–H groups in total. The van der Waals surface area contributed by atoms with Crippen molar-refractivity contribution < 1.29 is 13.2 Å². The Balaban J connectivity index is 2.16. The van der Waals surface area contributed by atoms with Crippen molar-refractivity contribution in [1.29, 1.82) is 5.26 Å². The van der Waals surface area contributed by atoms with Crippen LogP contribution >= 0.6 is 0 Å². The lowest BCUT2D eigenvalue weighted by Gasteiger charge is -2.09. The number of nitrogens with zero attached hydrogens (tertiary/aromatic N) is 2. The number of methoxy groups -OCH3 is 1. The highest BCUT2D eigenvalue weighted by Crippen LogP contribution is 2.35. The number of aromatic nitrogens is 1. The number of hydrogen-bond donors (Lipinski definition) is 1. The lowest BCUT2D eigenvalue weighted by Crippen LogP contribution is -2.14. The number of sulfonamides is 1. The summed E-state index contributed by atoms with van der Waals surface area (Å²) in [5.74, 6) is 0.684. The fourth-order valence-corrected chi connectivity index (χ4v) is 3.59. The molecular formula is C20H19N3O3S. The fraction of sp³-hybridized carbons (Fsp3) is 0.150. The highest BCUT2D eigenvalue weighted by molar-refractivity contribution is 7.92. The molecule has 0 fully saturated rings. The zero-order chi connectivity index (χ0) is 19.6. The van der Waals surface area contributed by atoms with Crippen molar-refractivity contribution in [2.24, 2.45) is 0 Å². The second kappa shape index (κ2) is 7.17. The van der Waals surface area contributed by atoms with Crippen molar-refractivity contribution in [2.45, 2.75) is 6.92 Å². The smallest absolute Gasteiger partial charge is 0.232 e. The van der Waals surface area contributed by atoms with E-state index in [2.05, 4.69) is 17.4 Å². The molecule has 2 aromatic carbocycles. The molecule has 0 amide bonds. The van der Waals surface area contributed by atoms with Crippen molar-refractivity contribution in [3.8, 4) is 23.1 Å². The van der Waals surface area contributed by atoms with Gasteiger partial charge in [0.1, 0.15) is 11.8 Å². The quantitative estimate of drug-likeness (QED) is 0.698. The summed E-state index contributed by atoms with van der Waals surface area (Å²) in [6.07, 6.45) is 1.64. The number of rotatable bonds is 6. The van der Waals surface area contributed by atoms with E-state index in [0.29, 0.717) is 22.7 Å². The van der Waals surface area contributed by atoms with Crippen LogP contribution in [0.5, 0.6) is 5.75 Å². The number of fused-ring (bicyclic) bond motifs is 1. The molecule has 1 heterocycles. The first-order valence-corrected chi connectivity index (χ1v) is 9.94. The van der Waals surface area contributed by atoms with Crippen LogP contribution in [-0.2, 0) is 10.0 Å². The van der Waals surface area contributed by atoms with Crippen molar-refractivity contribution >= 4 is 32.8 Å². The van der Waals surface area contributed by atoms with Crippen LogP contribution in [0.25, 0.3) is 28.4 Å². The Morgan fingerprint density at radius 2 is 1.96 bits per heavy atom. The van der Waals surface area contributed by atoms with Crippen LogP contribution in [-0.4, -0.2) is 25.8 Å². The van der Waals surface area contributed by atoms with Crippen LogP contribution < -0.4 is 9.46 Å². The van der Waals surface area contributed by atoms with Crippen molar-refractivity contribution in [1.82, 2.24) is 4.57 Å². The van der Waals surface area contributed by atoms with Gasteiger partial charge in [0, 0.05) is 28.9 Å². The first-order valence-electron chi connectivity index (χ1n) is 8.29. The SMILES string of the molecule is C=Cn1c(-c2ccc(NS(=O)(=O)CC)cc2)c(C#N)c2ccc(OC)cc21. The van der Waals surface area contributed by atoms with Gasteiger partial charge in [-0.15, -0.1) is 0 Å². The first-order chi connectivity index (χ1) is 12.9. The topological polar surface area (TPSA) is 84.1 Å². The Morgan fingerprint density at radius 1 is 1.26 bits per heavy atom. The number of anilines is 1.